The van der Waals surface area contributed by atoms with Gasteiger partial charge < -0.3 is 14.4 Å². The number of likely N-dealkylation sites (tertiary alicyclic amines) is 1. The van der Waals surface area contributed by atoms with Crippen LogP contribution in [-0.4, -0.2) is 41.7 Å². The van der Waals surface area contributed by atoms with Crippen molar-refractivity contribution in [3.63, 3.8) is 0 Å². The molecule has 0 radical (unpaired) electrons. The number of piperidine rings is 1. The lowest BCUT2D eigenvalue weighted by molar-refractivity contribution is -0.384. The van der Waals surface area contributed by atoms with Gasteiger partial charge in [0.1, 0.15) is 5.75 Å². The summed E-state index contributed by atoms with van der Waals surface area (Å²) in [5, 5.41) is 10.5. The predicted molar refractivity (Wildman–Crippen MR) is 75.3 cm³/mol. The first kappa shape index (κ1) is 15.2. The molecule has 21 heavy (non-hydrogen) atoms. The first-order valence-corrected chi connectivity index (χ1v) is 6.93. The third kappa shape index (κ3) is 4.16. The number of nitro benzene ring substituents is 1. The fourth-order valence-corrected chi connectivity index (χ4v) is 2.24. The van der Waals surface area contributed by atoms with Gasteiger partial charge in [-0.25, -0.2) is 4.79 Å². The molecule has 1 heterocycles. The van der Waals surface area contributed by atoms with Crippen molar-refractivity contribution in [2.24, 2.45) is 0 Å². The number of nitrogens with zero attached hydrogens (tertiary/aromatic N) is 2. The lowest BCUT2D eigenvalue weighted by atomic mass is 10.1. The molecule has 1 saturated heterocycles. The summed E-state index contributed by atoms with van der Waals surface area (Å²) in [6.07, 6.45) is 1.36. The number of hydrogen-bond acceptors (Lipinski definition) is 5. The quantitative estimate of drug-likeness (QED) is 0.629. The Hall–Kier alpha value is -2.15. The van der Waals surface area contributed by atoms with Crippen LogP contribution in [0.15, 0.2) is 24.3 Å². The van der Waals surface area contributed by atoms with E-state index in [0.717, 1.165) is 12.8 Å². The molecule has 1 amide bonds. The van der Waals surface area contributed by atoms with E-state index in [1.54, 1.807) is 4.90 Å². The molecule has 7 nitrogen and oxygen atoms in total. The van der Waals surface area contributed by atoms with Gasteiger partial charge in [0.2, 0.25) is 0 Å². The number of non-ortho nitro benzene ring substituents is 1. The number of carbonyl (C=O) groups excluding carboxylic acids is 1. The van der Waals surface area contributed by atoms with Crippen molar-refractivity contribution in [3.05, 3.63) is 34.4 Å². The molecule has 1 aliphatic rings. The van der Waals surface area contributed by atoms with Gasteiger partial charge in [-0.15, -0.1) is 0 Å². The highest BCUT2D eigenvalue weighted by molar-refractivity contribution is 5.70. The van der Waals surface area contributed by atoms with E-state index >= 15 is 0 Å². The van der Waals surface area contributed by atoms with E-state index in [0.29, 0.717) is 25.4 Å². The molecular weight excluding hydrogens is 276 g/mol. The van der Waals surface area contributed by atoms with E-state index in [2.05, 4.69) is 0 Å². The van der Waals surface area contributed by atoms with Crippen molar-refractivity contribution in [2.75, 3.05) is 19.7 Å². The molecule has 0 unspecified atom stereocenters. The maximum Gasteiger partial charge on any atom is 0.415 e. The van der Waals surface area contributed by atoms with Crippen molar-refractivity contribution in [2.45, 2.75) is 25.9 Å². The maximum absolute atomic E-state index is 12.0. The Kier molecular flexibility index (Phi) is 5.10. The van der Waals surface area contributed by atoms with Crippen LogP contribution in [0.4, 0.5) is 10.5 Å². The molecule has 1 aliphatic heterocycles. The Morgan fingerprint density at radius 3 is 2.48 bits per heavy atom. The van der Waals surface area contributed by atoms with E-state index in [1.807, 2.05) is 6.92 Å². The number of nitro groups is 1. The number of ether oxygens (including phenoxy) is 2. The maximum atomic E-state index is 12.0. The van der Waals surface area contributed by atoms with Gasteiger partial charge in [-0.2, -0.15) is 0 Å². The molecular formula is C14H18N2O5. The summed E-state index contributed by atoms with van der Waals surface area (Å²) in [6.45, 7) is 3.82. The SMILES string of the molecule is CCOC1CCN(C(=O)Oc2ccc([N+](=O)[O-])cc2)CC1. The number of hydrogen-bond donors (Lipinski definition) is 0. The summed E-state index contributed by atoms with van der Waals surface area (Å²) in [5.74, 6) is 0.303. The van der Waals surface area contributed by atoms with Crippen LogP contribution in [0.2, 0.25) is 0 Å². The Labute approximate surface area is 122 Å². The first-order valence-electron chi connectivity index (χ1n) is 6.93. The van der Waals surface area contributed by atoms with Crippen LogP contribution in [0, 0.1) is 10.1 Å². The summed E-state index contributed by atoms with van der Waals surface area (Å²) in [7, 11) is 0. The third-order valence-corrected chi connectivity index (χ3v) is 3.36. The highest BCUT2D eigenvalue weighted by atomic mass is 16.6. The van der Waals surface area contributed by atoms with Crippen LogP contribution >= 0.6 is 0 Å². The standard InChI is InChI=1S/C14H18N2O5/c1-2-20-12-7-9-15(10-8-12)14(17)21-13-5-3-11(4-6-13)16(18)19/h3-6,12H,2,7-10H2,1H3. The van der Waals surface area contributed by atoms with E-state index in [1.165, 1.54) is 24.3 Å². The summed E-state index contributed by atoms with van der Waals surface area (Å²) in [4.78, 5) is 23.6. The number of rotatable bonds is 4. The molecule has 0 spiro atoms. The highest BCUT2D eigenvalue weighted by Gasteiger charge is 2.24. The smallest absolute Gasteiger partial charge is 0.410 e. The number of carbonyl (C=O) groups is 1. The zero-order valence-corrected chi connectivity index (χ0v) is 11.9. The lowest BCUT2D eigenvalue weighted by Gasteiger charge is -2.30. The molecule has 0 aliphatic carbocycles. The van der Waals surface area contributed by atoms with Crippen LogP contribution in [-0.2, 0) is 4.74 Å². The van der Waals surface area contributed by atoms with Crippen molar-refractivity contribution in [3.8, 4) is 5.75 Å². The minimum absolute atomic E-state index is 0.0349. The van der Waals surface area contributed by atoms with Gasteiger partial charge in [-0.05, 0) is 31.9 Å². The Balaban J connectivity index is 1.86. The Morgan fingerprint density at radius 1 is 1.33 bits per heavy atom. The Morgan fingerprint density at radius 2 is 1.95 bits per heavy atom. The fourth-order valence-electron chi connectivity index (χ4n) is 2.24. The molecule has 1 fully saturated rings. The van der Waals surface area contributed by atoms with Crippen LogP contribution in [0.25, 0.3) is 0 Å². The molecule has 0 bridgehead atoms. The second-order valence-corrected chi connectivity index (χ2v) is 4.76. The average molecular weight is 294 g/mol. The molecule has 1 aromatic carbocycles. The van der Waals surface area contributed by atoms with Gasteiger partial charge in [0.25, 0.3) is 5.69 Å². The third-order valence-electron chi connectivity index (χ3n) is 3.36. The van der Waals surface area contributed by atoms with E-state index < -0.39 is 11.0 Å². The van der Waals surface area contributed by atoms with Crippen molar-refractivity contribution in [1.29, 1.82) is 0 Å². The predicted octanol–water partition coefficient (Wildman–Crippen LogP) is 2.59. The van der Waals surface area contributed by atoms with E-state index in [4.69, 9.17) is 9.47 Å². The second-order valence-electron chi connectivity index (χ2n) is 4.76. The Bertz CT molecular complexity index is 495. The molecule has 0 saturated carbocycles. The average Bonchev–Trinajstić information content (AvgIpc) is 2.49. The fraction of sp³-hybridized carbons (Fsp3) is 0.500. The molecule has 114 valence electrons. The van der Waals surface area contributed by atoms with Crippen molar-refractivity contribution < 1.29 is 19.2 Å². The van der Waals surface area contributed by atoms with Crippen LogP contribution < -0.4 is 4.74 Å². The van der Waals surface area contributed by atoms with Gasteiger partial charge in [0.15, 0.2) is 0 Å². The molecule has 7 heteroatoms. The summed E-state index contributed by atoms with van der Waals surface area (Å²) >= 11 is 0. The second kappa shape index (κ2) is 7.03. The number of amides is 1. The van der Waals surface area contributed by atoms with Crippen molar-refractivity contribution in [1.82, 2.24) is 4.90 Å². The van der Waals surface area contributed by atoms with Gasteiger partial charge in [-0.1, -0.05) is 0 Å². The van der Waals surface area contributed by atoms with Gasteiger partial charge in [-0.3, -0.25) is 10.1 Å². The lowest BCUT2D eigenvalue weighted by Crippen LogP contribution is -2.42. The number of benzene rings is 1. The first-order chi connectivity index (χ1) is 10.1. The van der Waals surface area contributed by atoms with E-state index in [-0.39, 0.29) is 11.8 Å². The molecule has 2 rings (SSSR count). The molecule has 0 N–H and O–H groups in total. The topological polar surface area (TPSA) is 81.9 Å². The highest BCUT2D eigenvalue weighted by Crippen LogP contribution is 2.19. The van der Waals surface area contributed by atoms with E-state index in [9.17, 15) is 14.9 Å². The van der Waals surface area contributed by atoms with Crippen LogP contribution in [0.3, 0.4) is 0 Å². The van der Waals surface area contributed by atoms with Gasteiger partial charge in [0.05, 0.1) is 11.0 Å². The summed E-state index contributed by atoms with van der Waals surface area (Å²) in [5.41, 5.74) is -0.0349. The molecule has 0 aromatic heterocycles. The summed E-state index contributed by atoms with van der Waals surface area (Å²) in [6, 6.07) is 5.46. The monoisotopic (exact) mass is 294 g/mol. The zero-order chi connectivity index (χ0) is 15.2. The molecule has 1 aromatic rings. The van der Waals surface area contributed by atoms with Crippen LogP contribution in [0.5, 0.6) is 5.75 Å². The van der Waals surface area contributed by atoms with Gasteiger partial charge >= 0.3 is 6.09 Å². The molecule has 0 atom stereocenters. The minimum atomic E-state index is -0.496. The van der Waals surface area contributed by atoms with Gasteiger partial charge in [0, 0.05) is 31.8 Å². The zero-order valence-electron chi connectivity index (χ0n) is 11.9. The normalized spacial score (nSPS) is 15.8. The van der Waals surface area contributed by atoms with Crippen molar-refractivity contribution >= 4 is 11.8 Å². The largest absolute Gasteiger partial charge is 0.415 e. The minimum Gasteiger partial charge on any atom is -0.410 e. The van der Waals surface area contributed by atoms with Crippen LogP contribution in [0.1, 0.15) is 19.8 Å². The summed E-state index contributed by atoms with van der Waals surface area (Å²) < 4.78 is 10.7.